The van der Waals surface area contributed by atoms with E-state index in [0.717, 1.165) is 6.54 Å². The molecule has 0 atom stereocenters. The summed E-state index contributed by atoms with van der Waals surface area (Å²) in [5, 5.41) is 8.98. The van der Waals surface area contributed by atoms with Gasteiger partial charge in [0, 0.05) is 6.54 Å². The van der Waals surface area contributed by atoms with Crippen molar-refractivity contribution in [1.29, 1.82) is 0 Å². The standard InChI is InChI=1S/C7H15NO2.FH/c1-8(2)3-7(4-9)5-10-6-7;/h9H,3-6H2,1-2H3;1H. The highest BCUT2D eigenvalue weighted by Gasteiger charge is 2.38. The fourth-order valence-corrected chi connectivity index (χ4v) is 1.29. The number of aliphatic hydroxyl groups is 1. The molecular weight excluding hydrogens is 149 g/mol. The molecule has 1 saturated heterocycles. The highest BCUT2D eigenvalue weighted by atomic mass is 19.0. The third kappa shape index (κ3) is 2.39. The number of hydrogen-bond acceptors (Lipinski definition) is 3. The number of aliphatic hydroxyl groups excluding tert-OH is 1. The molecular formula is C7H16FNO2. The van der Waals surface area contributed by atoms with E-state index < -0.39 is 0 Å². The van der Waals surface area contributed by atoms with Gasteiger partial charge in [-0.05, 0) is 14.1 Å². The molecule has 1 fully saturated rings. The van der Waals surface area contributed by atoms with Crippen LogP contribution in [0.2, 0.25) is 0 Å². The van der Waals surface area contributed by atoms with Crippen LogP contribution in [0.15, 0.2) is 0 Å². The van der Waals surface area contributed by atoms with E-state index in [2.05, 4.69) is 4.90 Å². The second kappa shape index (κ2) is 3.99. The lowest BCUT2D eigenvalue weighted by atomic mass is 9.87. The van der Waals surface area contributed by atoms with Crippen LogP contribution in [0.25, 0.3) is 0 Å². The van der Waals surface area contributed by atoms with E-state index in [-0.39, 0.29) is 16.7 Å². The van der Waals surface area contributed by atoms with Crippen LogP contribution in [0.4, 0.5) is 4.70 Å². The maximum Gasteiger partial charge on any atom is 0.0579 e. The van der Waals surface area contributed by atoms with E-state index in [4.69, 9.17) is 9.84 Å². The van der Waals surface area contributed by atoms with Crippen molar-refractivity contribution in [3.8, 4) is 0 Å². The van der Waals surface area contributed by atoms with Crippen LogP contribution in [0.1, 0.15) is 0 Å². The van der Waals surface area contributed by atoms with Gasteiger partial charge in [0.1, 0.15) is 0 Å². The highest BCUT2D eigenvalue weighted by molar-refractivity contribution is 4.86. The number of halogens is 1. The van der Waals surface area contributed by atoms with Crippen LogP contribution in [-0.2, 0) is 4.74 Å². The van der Waals surface area contributed by atoms with Gasteiger partial charge in [-0.2, -0.15) is 0 Å². The minimum Gasteiger partial charge on any atom is -0.396 e. The SMILES string of the molecule is CN(C)CC1(CO)COC1.F. The Morgan fingerprint density at radius 1 is 1.45 bits per heavy atom. The highest BCUT2D eigenvalue weighted by Crippen LogP contribution is 2.26. The first-order chi connectivity index (χ1) is 4.68. The Kier molecular flexibility index (Phi) is 3.92. The monoisotopic (exact) mass is 165 g/mol. The lowest BCUT2D eigenvalue weighted by molar-refractivity contribution is -0.144. The number of nitrogens with zero attached hydrogens (tertiary/aromatic N) is 1. The van der Waals surface area contributed by atoms with Gasteiger partial charge in [-0.25, -0.2) is 0 Å². The van der Waals surface area contributed by atoms with Crippen LogP contribution in [-0.4, -0.2) is 50.5 Å². The summed E-state index contributed by atoms with van der Waals surface area (Å²) in [6, 6.07) is 0. The predicted octanol–water partition coefficient (Wildman–Crippen LogP) is -0.291. The van der Waals surface area contributed by atoms with E-state index >= 15 is 0 Å². The zero-order valence-corrected chi connectivity index (χ0v) is 7.04. The maximum absolute atomic E-state index is 8.98. The summed E-state index contributed by atoms with van der Waals surface area (Å²) in [5.41, 5.74) is 0.0451. The van der Waals surface area contributed by atoms with Crippen molar-refractivity contribution in [2.24, 2.45) is 5.41 Å². The van der Waals surface area contributed by atoms with Crippen molar-refractivity contribution in [2.75, 3.05) is 40.5 Å². The fourth-order valence-electron chi connectivity index (χ4n) is 1.29. The molecule has 0 unspecified atom stereocenters. The molecule has 0 aromatic rings. The van der Waals surface area contributed by atoms with E-state index in [0.29, 0.717) is 13.2 Å². The van der Waals surface area contributed by atoms with E-state index in [1.54, 1.807) is 0 Å². The molecule has 0 radical (unpaired) electrons. The Bertz CT molecular complexity index is 109. The van der Waals surface area contributed by atoms with Crippen LogP contribution >= 0.6 is 0 Å². The van der Waals surface area contributed by atoms with Gasteiger partial charge in [0.2, 0.25) is 0 Å². The summed E-state index contributed by atoms with van der Waals surface area (Å²) in [6.45, 7) is 2.58. The molecule has 0 spiro atoms. The summed E-state index contributed by atoms with van der Waals surface area (Å²) < 4.78 is 5.04. The van der Waals surface area contributed by atoms with Gasteiger partial charge < -0.3 is 14.7 Å². The molecule has 11 heavy (non-hydrogen) atoms. The van der Waals surface area contributed by atoms with Crippen molar-refractivity contribution in [1.82, 2.24) is 4.90 Å². The Labute approximate surface area is 66.3 Å². The largest absolute Gasteiger partial charge is 0.396 e. The normalized spacial score (nSPS) is 20.7. The van der Waals surface area contributed by atoms with E-state index in [1.165, 1.54) is 0 Å². The Hall–Kier alpha value is -0.190. The van der Waals surface area contributed by atoms with Crippen molar-refractivity contribution >= 4 is 0 Å². The third-order valence-corrected chi connectivity index (χ3v) is 1.80. The molecule has 4 heteroatoms. The molecule has 0 saturated carbocycles. The van der Waals surface area contributed by atoms with Gasteiger partial charge in [-0.3, -0.25) is 4.70 Å². The minimum atomic E-state index is 0. The lowest BCUT2D eigenvalue weighted by Gasteiger charge is -2.41. The number of ether oxygens (including phenoxy) is 1. The summed E-state index contributed by atoms with van der Waals surface area (Å²) >= 11 is 0. The first kappa shape index (κ1) is 10.8. The van der Waals surface area contributed by atoms with Crippen LogP contribution in [0, 0.1) is 5.41 Å². The molecule has 0 aromatic carbocycles. The molecule has 1 heterocycles. The minimum absolute atomic E-state index is 0. The molecule has 1 aliphatic rings. The van der Waals surface area contributed by atoms with Gasteiger partial charge in [0.25, 0.3) is 0 Å². The molecule has 68 valence electrons. The van der Waals surface area contributed by atoms with Crippen molar-refractivity contribution in [3.05, 3.63) is 0 Å². The van der Waals surface area contributed by atoms with Gasteiger partial charge in [0.05, 0.1) is 25.2 Å². The summed E-state index contributed by atoms with van der Waals surface area (Å²) in [5.74, 6) is 0. The lowest BCUT2D eigenvalue weighted by Crippen LogP contribution is -2.51. The van der Waals surface area contributed by atoms with Gasteiger partial charge >= 0.3 is 0 Å². The molecule has 3 nitrogen and oxygen atoms in total. The summed E-state index contributed by atoms with van der Waals surface area (Å²) in [7, 11) is 4.02. The molecule has 0 aliphatic carbocycles. The topological polar surface area (TPSA) is 32.7 Å². The maximum atomic E-state index is 8.98. The third-order valence-electron chi connectivity index (χ3n) is 1.80. The zero-order chi connectivity index (χ0) is 7.61. The average molecular weight is 165 g/mol. The quantitative estimate of drug-likeness (QED) is 0.623. The van der Waals surface area contributed by atoms with Gasteiger partial charge in [0.15, 0.2) is 0 Å². The Morgan fingerprint density at radius 3 is 2.09 bits per heavy atom. The average Bonchev–Trinajstić information content (AvgIpc) is 1.78. The molecule has 1 N–H and O–H groups in total. The van der Waals surface area contributed by atoms with Crippen molar-refractivity contribution in [3.63, 3.8) is 0 Å². The molecule has 0 amide bonds. The van der Waals surface area contributed by atoms with Crippen LogP contribution in [0.5, 0.6) is 0 Å². The van der Waals surface area contributed by atoms with E-state index in [1.807, 2.05) is 14.1 Å². The van der Waals surface area contributed by atoms with Crippen molar-refractivity contribution in [2.45, 2.75) is 0 Å². The Morgan fingerprint density at radius 2 is 2.00 bits per heavy atom. The van der Waals surface area contributed by atoms with E-state index in [9.17, 15) is 0 Å². The second-order valence-corrected chi connectivity index (χ2v) is 3.39. The molecule has 0 bridgehead atoms. The zero-order valence-electron chi connectivity index (χ0n) is 7.04. The second-order valence-electron chi connectivity index (χ2n) is 3.39. The summed E-state index contributed by atoms with van der Waals surface area (Å²) in [6.07, 6.45) is 0. The first-order valence-corrected chi connectivity index (χ1v) is 3.52. The molecule has 1 aliphatic heterocycles. The molecule has 0 aromatic heterocycles. The number of hydrogen-bond donors (Lipinski definition) is 1. The fraction of sp³-hybridized carbons (Fsp3) is 1.00. The molecule has 1 rings (SSSR count). The van der Waals surface area contributed by atoms with Crippen molar-refractivity contribution < 1.29 is 14.5 Å². The number of rotatable bonds is 3. The van der Waals surface area contributed by atoms with Gasteiger partial charge in [-0.1, -0.05) is 0 Å². The van der Waals surface area contributed by atoms with Crippen LogP contribution < -0.4 is 0 Å². The first-order valence-electron chi connectivity index (χ1n) is 3.52. The van der Waals surface area contributed by atoms with Gasteiger partial charge in [-0.15, -0.1) is 0 Å². The summed E-state index contributed by atoms with van der Waals surface area (Å²) in [4.78, 5) is 2.08. The predicted molar refractivity (Wildman–Crippen MR) is 41.4 cm³/mol. The van der Waals surface area contributed by atoms with Crippen LogP contribution in [0.3, 0.4) is 0 Å². The smallest absolute Gasteiger partial charge is 0.0579 e. The Balaban J connectivity index is 0.000001000.